The second-order valence-corrected chi connectivity index (χ2v) is 5.10. The molecule has 18 heavy (non-hydrogen) atoms. The van der Waals surface area contributed by atoms with Crippen molar-refractivity contribution >= 4 is 11.6 Å². The van der Waals surface area contributed by atoms with Gasteiger partial charge in [0.2, 0.25) is 0 Å². The van der Waals surface area contributed by atoms with Gasteiger partial charge in [-0.3, -0.25) is 0 Å². The van der Waals surface area contributed by atoms with Crippen LogP contribution in [0, 0.1) is 0 Å². The molecule has 3 nitrogen and oxygen atoms in total. The summed E-state index contributed by atoms with van der Waals surface area (Å²) in [7, 11) is 0. The maximum Gasteiger partial charge on any atom is 0.0802 e. The Balaban J connectivity index is 1.80. The quantitative estimate of drug-likeness (QED) is 0.912. The van der Waals surface area contributed by atoms with Crippen molar-refractivity contribution in [2.75, 3.05) is 32.8 Å². The van der Waals surface area contributed by atoms with Crippen molar-refractivity contribution in [3.8, 4) is 0 Å². The van der Waals surface area contributed by atoms with Gasteiger partial charge in [0.25, 0.3) is 0 Å². The second kappa shape index (κ2) is 7.10. The zero-order valence-corrected chi connectivity index (χ0v) is 11.3. The van der Waals surface area contributed by atoms with Gasteiger partial charge < -0.3 is 14.7 Å². The van der Waals surface area contributed by atoms with Crippen molar-refractivity contribution in [3.05, 3.63) is 34.9 Å². The van der Waals surface area contributed by atoms with Gasteiger partial charge >= 0.3 is 0 Å². The van der Waals surface area contributed by atoms with Crippen LogP contribution in [0.25, 0.3) is 0 Å². The number of benzene rings is 1. The summed E-state index contributed by atoms with van der Waals surface area (Å²) in [6, 6.07) is 7.41. The monoisotopic (exact) mass is 269 g/mol. The van der Waals surface area contributed by atoms with E-state index in [0.29, 0.717) is 5.02 Å². The molecule has 2 rings (SSSR count). The fraction of sp³-hybridized carbons (Fsp3) is 0.571. The van der Waals surface area contributed by atoms with Gasteiger partial charge in [-0.25, -0.2) is 0 Å². The molecule has 1 fully saturated rings. The number of rotatable bonds is 4. The molecule has 0 radical (unpaired) electrons. The Morgan fingerprint density at radius 2 is 2.00 bits per heavy atom. The van der Waals surface area contributed by atoms with Crippen molar-refractivity contribution in [3.63, 3.8) is 0 Å². The second-order valence-electron chi connectivity index (χ2n) is 4.66. The number of nitrogens with zero attached hydrogens (tertiary/aromatic N) is 1. The lowest BCUT2D eigenvalue weighted by Gasteiger charge is -2.21. The van der Waals surface area contributed by atoms with Crippen molar-refractivity contribution in [2.45, 2.75) is 18.9 Å². The van der Waals surface area contributed by atoms with Gasteiger partial charge in [0, 0.05) is 31.3 Å². The fourth-order valence-corrected chi connectivity index (χ4v) is 2.30. The third kappa shape index (κ3) is 4.25. The number of ether oxygens (including phenoxy) is 1. The zero-order chi connectivity index (χ0) is 12.8. The summed E-state index contributed by atoms with van der Waals surface area (Å²) in [5.41, 5.74) is 0.936. The molecular formula is C14H20ClNO2. The van der Waals surface area contributed by atoms with Crippen LogP contribution in [-0.4, -0.2) is 42.9 Å². The minimum Gasteiger partial charge on any atom is -0.388 e. The van der Waals surface area contributed by atoms with Crippen LogP contribution >= 0.6 is 11.6 Å². The van der Waals surface area contributed by atoms with Gasteiger partial charge in [-0.15, -0.1) is 0 Å². The Labute approximate surface area is 113 Å². The summed E-state index contributed by atoms with van der Waals surface area (Å²) in [6.07, 6.45) is 1.42. The van der Waals surface area contributed by atoms with Crippen molar-refractivity contribution < 1.29 is 9.84 Å². The maximum atomic E-state index is 10.1. The molecule has 1 aliphatic heterocycles. The highest BCUT2D eigenvalue weighted by atomic mass is 35.5. The Hall–Kier alpha value is -0.610. The van der Waals surface area contributed by atoms with E-state index in [-0.39, 0.29) is 0 Å². The minimum absolute atomic E-state index is 0.411. The van der Waals surface area contributed by atoms with E-state index >= 15 is 0 Å². The average molecular weight is 270 g/mol. The van der Waals surface area contributed by atoms with Crippen molar-refractivity contribution in [2.24, 2.45) is 0 Å². The van der Waals surface area contributed by atoms with Crippen molar-refractivity contribution in [1.29, 1.82) is 0 Å². The summed E-state index contributed by atoms with van der Waals surface area (Å²) in [4.78, 5) is 2.35. The highest BCUT2D eigenvalue weighted by Gasteiger charge is 2.12. The van der Waals surface area contributed by atoms with Gasteiger partial charge in [-0.05, 0) is 30.5 Å². The lowest BCUT2D eigenvalue weighted by Crippen LogP contribution is -2.28. The molecule has 1 heterocycles. The van der Waals surface area contributed by atoms with Crippen LogP contribution in [0.5, 0.6) is 0 Å². The van der Waals surface area contributed by atoms with Gasteiger partial charge in [0.15, 0.2) is 0 Å². The standard InChI is InChI=1S/C14H20ClNO2/c15-13-4-2-12(3-5-13)14(17)6-8-16-7-1-10-18-11-9-16/h2-5,14,17H,1,6-11H2. The molecular weight excluding hydrogens is 250 g/mol. The highest BCUT2D eigenvalue weighted by Crippen LogP contribution is 2.19. The van der Waals surface area contributed by atoms with E-state index in [1.54, 1.807) is 0 Å². The Kier molecular flexibility index (Phi) is 5.45. The lowest BCUT2D eigenvalue weighted by atomic mass is 10.1. The third-order valence-electron chi connectivity index (χ3n) is 3.29. The summed E-state index contributed by atoms with van der Waals surface area (Å²) >= 11 is 5.83. The first kappa shape index (κ1) is 13.8. The first-order valence-electron chi connectivity index (χ1n) is 6.49. The third-order valence-corrected chi connectivity index (χ3v) is 3.54. The molecule has 0 aromatic heterocycles. The summed E-state index contributed by atoms with van der Waals surface area (Å²) < 4.78 is 5.41. The van der Waals surface area contributed by atoms with Crippen LogP contribution in [0.4, 0.5) is 0 Å². The molecule has 0 saturated carbocycles. The molecule has 1 aliphatic rings. The smallest absolute Gasteiger partial charge is 0.0802 e. The zero-order valence-electron chi connectivity index (χ0n) is 10.5. The molecule has 1 unspecified atom stereocenters. The SMILES string of the molecule is OC(CCN1CCCOCC1)c1ccc(Cl)cc1. The number of aliphatic hydroxyl groups is 1. The Bertz CT molecular complexity index is 347. The molecule has 4 heteroatoms. The van der Waals surface area contributed by atoms with Gasteiger partial charge in [0.05, 0.1) is 12.7 Å². The summed E-state index contributed by atoms with van der Waals surface area (Å²) in [6.45, 7) is 4.60. The Morgan fingerprint density at radius 3 is 2.78 bits per heavy atom. The number of hydrogen-bond acceptors (Lipinski definition) is 3. The normalized spacial score (nSPS) is 19.4. The van der Waals surface area contributed by atoms with Crippen LogP contribution in [0.15, 0.2) is 24.3 Å². The predicted molar refractivity (Wildman–Crippen MR) is 72.9 cm³/mol. The average Bonchev–Trinajstić information content (AvgIpc) is 2.65. The van der Waals surface area contributed by atoms with E-state index in [1.165, 1.54) is 0 Å². The fourth-order valence-electron chi connectivity index (χ4n) is 2.18. The first-order chi connectivity index (χ1) is 8.75. The molecule has 0 amide bonds. The van der Waals surface area contributed by atoms with Crippen LogP contribution in [-0.2, 0) is 4.74 Å². The number of hydrogen-bond donors (Lipinski definition) is 1. The molecule has 1 atom stereocenters. The molecule has 100 valence electrons. The molecule has 1 aromatic rings. The molecule has 0 aliphatic carbocycles. The summed E-state index contributed by atoms with van der Waals surface area (Å²) in [5.74, 6) is 0. The van der Waals surface area contributed by atoms with E-state index in [9.17, 15) is 5.11 Å². The lowest BCUT2D eigenvalue weighted by molar-refractivity contribution is 0.126. The Morgan fingerprint density at radius 1 is 1.22 bits per heavy atom. The van der Waals surface area contributed by atoms with E-state index in [2.05, 4.69) is 4.90 Å². The van der Waals surface area contributed by atoms with Crippen LogP contribution in [0.2, 0.25) is 5.02 Å². The molecule has 1 N–H and O–H groups in total. The number of halogens is 1. The molecule has 1 aromatic carbocycles. The summed E-state index contributed by atoms with van der Waals surface area (Å²) in [5, 5.41) is 10.8. The van der Waals surface area contributed by atoms with Gasteiger partial charge in [0.1, 0.15) is 0 Å². The minimum atomic E-state index is -0.411. The first-order valence-corrected chi connectivity index (χ1v) is 6.87. The maximum absolute atomic E-state index is 10.1. The molecule has 0 bridgehead atoms. The van der Waals surface area contributed by atoms with Crippen LogP contribution in [0.3, 0.4) is 0 Å². The van der Waals surface area contributed by atoms with E-state index in [0.717, 1.165) is 51.3 Å². The predicted octanol–water partition coefficient (Wildman–Crippen LogP) is 2.49. The molecule has 1 saturated heterocycles. The molecule has 0 spiro atoms. The largest absolute Gasteiger partial charge is 0.388 e. The number of aliphatic hydroxyl groups excluding tert-OH is 1. The van der Waals surface area contributed by atoms with Crippen LogP contribution in [0.1, 0.15) is 24.5 Å². The van der Waals surface area contributed by atoms with Gasteiger partial charge in [-0.1, -0.05) is 23.7 Å². The highest BCUT2D eigenvalue weighted by molar-refractivity contribution is 6.30. The van der Waals surface area contributed by atoms with E-state index < -0.39 is 6.10 Å². The van der Waals surface area contributed by atoms with Crippen molar-refractivity contribution in [1.82, 2.24) is 4.90 Å². The van der Waals surface area contributed by atoms with E-state index in [1.807, 2.05) is 24.3 Å². The van der Waals surface area contributed by atoms with Gasteiger partial charge in [-0.2, -0.15) is 0 Å². The topological polar surface area (TPSA) is 32.7 Å². The van der Waals surface area contributed by atoms with E-state index in [4.69, 9.17) is 16.3 Å². The van der Waals surface area contributed by atoms with Crippen LogP contribution < -0.4 is 0 Å².